The molecule has 40 valence electrons. The van der Waals surface area contributed by atoms with Gasteiger partial charge in [0.05, 0.1) is 6.42 Å². The minimum absolute atomic E-state index is 0.847. The SMILES string of the molecule is C1=CCC[CH+][CH-]1.[Cl][Zn+]. The van der Waals surface area contributed by atoms with Gasteiger partial charge in [-0.15, -0.1) is 0 Å². The Hall–Kier alpha value is 0.393. The number of halogens is 1. The molecule has 1 aliphatic rings. The summed E-state index contributed by atoms with van der Waals surface area (Å²) in [5.41, 5.74) is 0. The molecule has 0 atom stereocenters. The first-order chi connectivity index (χ1) is 4.00. The number of allylic oxidation sites excluding steroid dienone is 2. The van der Waals surface area contributed by atoms with E-state index in [1.807, 2.05) is 0 Å². The Balaban J connectivity index is 0.000000222. The Morgan fingerprint density at radius 1 is 1.62 bits per heavy atom. The van der Waals surface area contributed by atoms with Gasteiger partial charge in [-0.25, -0.2) is 6.08 Å². The molecule has 0 unspecified atom stereocenters. The Kier molecular flexibility index (Phi) is 7.76. The van der Waals surface area contributed by atoms with E-state index >= 15 is 0 Å². The molecule has 0 aromatic rings. The van der Waals surface area contributed by atoms with Gasteiger partial charge in [-0.1, -0.05) is 6.42 Å². The third kappa shape index (κ3) is 4.55. The summed E-state index contributed by atoms with van der Waals surface area (Å²) in [6.07, 6.45) is 11.0. The van der Waals surface area contributed by atoms with E-state index in [1.165, 1.54) is 12.8 Å². The monoisotopic (exact) mass is 179 g/mol. The van der Waals surface area contributed by atoms with Crippen molar-refractivity contribution in [1.29, 1.82) is 0 Å². The van der Waals surface area contributed by atoms with Crippen LogP contribution in [0.3, 0.4) is 0 Å². The summed E-state index contributed by atoms with van der Waals surface area (Å²) in [4.78, 5) is 0. The Labute approximate surface area is 65.0 Å². The van der Waals surface area contributed by atoms with E-state index in [9.17, 15) is 0 Å². The van der Waals surface area contributed by atoms with E-state index in [1.54, 1.807) is 0 Å². The summed E-state index contributed by atoms with van der Waals surface area (Å²) in [7, 11) is 4.76. The average Bonchev–Trinajstić information content (AvgIpc) is 1.96. The van der Waals surface area contributed by atoms with Crippen LogP contribution >= 0.6 is 9.69 Å². The third-order valence-electron chi connectivity index (χ3n) is 0.883. The van der Waals surface area contributed by atoms with Gasteiger partial charge in [-0.2, -0.15) is 6.08 Å². The van der Waals surface area contributed by atoms with E-state index in [4.69, 9.17) is 9.69 Å². The van der Waals surface area contributed by atoms with Gasteiger partial charge in [0.15, 0.2) is 0 Å². The molecule has 0 bridgehead atoms. The molecule has 0 saturated carbocycles. The number of hydrogen-bond acceptors (Lipinski definition) is 0. The maximum atomic E-state index is 4.76. The van der Waals surface area contributed by atoms with Gasteiger partial charge < -0.3 is 0 Å². The molecule has 0 heterocycles. The first-order valence-corrected chi connectivity index (χ1v) is 6.48. The van der Waals surface area contributed by atoms with E-state index in [-0.39, 0.29) is 0 Å². The van der Waals surface area contributed by atoms with Gasteiger partial charge in [0.2, 0.25) is 0 Å². The molecule has 0 radical (unpaired) electrons. The zero-order valence-electron chi connectivity index (χ0n) is 4.81. The van der Waals surface area contributed by atoms with Crippen LogP contribution in [0.5, 0.6) is 0 Å². The molecule has 8 heavy (non-hydrogen) atoms. The second kappa shape index (κ2) is 7.39. The van der Waals surface area contributed by atoms with Crippen molar-refractivity contribution in [3.05, 3.63) is 25.0 Å². The molecule has 0 saturated heterocycles. The first kappa shape index (κ1) is 8.39. The minimum atomic E-state index is 0.847. The van der Waals surface area contributed by atoms with Gasteiger partial charge in [0.1, 0.15) is 0 Å². The van der Waals surface area contributed by atoms with Crippen molar-refractivity contribution in [2.24, 2.45) is 0 Å². The Morgan fingerprint density at radius 3 is 2.50 bits per heavy atom. The molecule has 0 fully saturated rings. The maximum absolute atomic E-state index is 4.76. The molecule has 0 nitrogen and oxygen atoms in total. The molecular weight excluding hydrogens is 173 g/mol. The Bertz CT molecular complexity index is 53.5. The molecule has 1 aliphatic carbocycles. The van der Waals surface area contributed by atoms with Crippen LogP contribution in [0.4, 0.5) is 0 Å². The molecule has 0 N–H and O–H groups in total. The van der Waals surface area contributed by atoms with E-state index in [2.05, 4.69) is 25.0 Å². The zero-order chi connectivity index (χ0) is 6.24. The molecule has 0 amide bonds. The fourth-order valence-corrected chi connectivity index (χ4v) is 0.542. The van der Waals surface area contributed by atoms with Crippen molar-refractivity contribution in [2.45, 2.75) is 12.8 Å². The summed E-state index contributed by atoms with van der Waals surface area (Å²) < 4.78 is 0. The van der Waals surface area contributed by atoms with Gasteiger partial charge in [0, 0.05) is 6.42 Å². The van der Waals surface area contributed by atoms with Crippen LogP contribution in [-0.4, -0.2) is 0 Å². The predicted octanol–water partition coefficient (Wildman–Crippen LogP) is 2.43. The summed E-state index contributed by atoms with van der Waals surface area (Å²) >= 11 is 0.847. The topological polar surface area (TPSA) is 0 Å². The predicted molar refractivity (Wildman–Crippen MR) is 32.8 cm³/mol. The van der Waals surface area contributed by atoms with Crippen LogP contribution in [0.25, 0.3) is 0 Å². The van der Waals surface area contributed by atoms with Crippen LogP contribution in [0.15, 0.2) is 12.2 Å². The van der Waals surface area contributed by atoms with Gasteiger partial charge in [0.25, 0.3) is 0 Å². The summed E-state index contributed by atoms with van der Waals surface area (Å²) in [5.74, 6) is 0. The van der Waals surface area contributed by atoms with Gasteiger partial charge in [-0.05, 0) is 6.42 Å². The van der Waals surface area contributed by atoms with Crippen LogP contribution < -0.4 is 0 Å². The van der Waals surface area contributed by atoms with Crippen molar-refractivity contribution in [3.63, 3.8) is 0 Å². The fraction of sp³-hybridized carbons (Fsp3) is 0.333. The molecule has 0 spiro atoms. The van der Waals surface area contributed by atoms with Gasteiger partial charge in [-0.3, -0.25) is 0 Å². The second-order valence-electron chi connectivity index (χ2n) is 1.43. The average molecular weight is 181 g/mol. The quantitative estimate of drug-likeness (QED) is 0.397. The van der Waals surface area contributed by atoms with Crippen molar-refractivity contribution in [1.82, 2.24) is 0 Å². The fourth-order valence-electron chi connectivity index (χ4n) is 0.542. The van der Waals surface area contributed by atoms with Crippen molar-refractivity contribution >= 4 is 9.69 Å². The standard InChI is InChI=1S/C6H8.ClH.Zn/c1-2-4-6-5-3-1;;/h1-4H,5-6H2;1H;/q;;+2/p-1. The van der Waals surface area contributed by atoms with E-state index in [0.29, 0.717) is 0 Å². The van der Waals surface area contributed by atoms with Crippen LogP contribution in [-0.2, 0) is 17.3 Å². The molecule has 0 aromatic heterocycles. The van der Waals surface area contributed by atoms with Crippen LogP contribution in [0.2, 0.25) is 0 Å². The molecular formula is C6H8ClZn+. The third-order valence-corrected chi connectivity index (χ3v) is 0.883. The normalized spacial score (nSPS) is 14.9. The van der Waals surface area contributed by atoms with Crippen molar-refractivity contribution in [2.75, 3.05) is 0 Å². The van der Waals surface area contributed by atoms with Crippen molar-refractivity contribution in [3.8, 4) is 0 Å². The van der Waals surface area contributed by atoms with Crippen LogP contribution in [0.1, 0.15) is 12.8 Å². The van der Waals surface area contributed by atoms with E-state index < -0.39 is 0 Å². The van der Waals surface area contributed by atoms with Crippen LogP contribution in [0, 0.1) is 12.8 Å². The zero-order valence-corrected chi connectivity index (χ0v) is 8.53. The summed E-state index contributed by atoms with van der Waals surface area (Å²) in [5, 5.41) is 0. The molecule has 0 aromatic carbocycles. The number of rotatable bonds is 0. The summed E-state index contributed by atoms with van der Waals surface area (Å²) in [6, 6.07) is 0. The summed E-state index contributed by atoms with van der Waals surface area (Å²) in [6.45, 7) is 0. The molecule has 0 aliphatic heterocycles. The Morgan fingerprint density at radius 2 is 2.38 bits per heavy atom. The van der Waals surface area contributed by atoms with E-state index in [0.717, 1.165) is 17.3 Å². The van der Waals surface area contributed by atoms with Gasteiger partial charge >= 0.3 is 27.0 Å². The number of hydrogen-bond donors (Lipinski definition) is 0. The molecule has 1 rings (SSSR count). The van der Waals surface area contributed by atoms with Crippen molar-refractivity contribution < 1.29 is 17.3 Å². The second-order valence-corrected chi connectivity index (χ2v) is 1.43. The first-order valence-electron chi connectivity index (χ1n) is 2.58. The molecule has 2 heteroatoms.